The number of carboxylic acid groups (broad SMARTS) is 1. The third-order valence-electron chi connectivity index (χ3n) is 2.79. The standard InChI is InChI=1S/C14H20N2O3S/c1-3-5-10(6-4-2)13(19)16-14-15-9-11(20-14)7-8-12(17)18/h7-10H,3-6H2,1-2H3,(H,17,18)(H,15,16,19)/b8-7+. The molecule has 2 N–H and O–H groups in total. The molecule has 0 aliphatic heterocycles. The van der Waals surface area contributed by atoms with Gasteiger partial charge in [-0.25, -0.2) is 9.78 Å². The number of thiazole rings is 1. The second-order valence-corrected chi connectivity index (χ2v) is 5.57. The second-order valence-electron chi connectivity index (χ2n) is 4.50. The number of anilines is 1. The van der Waals surface area contributed by atoms with Gasteiger partial charge in [0.05, 0.1) is 0 Å². The largest absolute Gasteiger partial charge is 0.478 e. The number of hydrogen-bond donors (Lipinski definition) is 2. The van der Waals surface area contributed by atoms with E-state index in [1.54, 1.807) is 6.20 Å². The number of nitrogens with zero attached hydrogens (tertiary/aromatic N) is 1. The molecule has 0 aromatic carbocycles. The molecule has 1 rings (SSSR count). The van der Waals surface area contributed by atoms with Crippen molar-refractivity contribution in [3.8, 4) is 0 Å². The molecule has 0 radical (unpaired) electrons. The van der Waals surface area contributed by atoms with Gasteiger partial charge in [0.25, 0.3) is 0 Å². The Morgan fingerprint density at radius 2 is 2.05 bits per heavy atom. The molecule has 20 heavy (non-hydrogen) atoms. The van der Waals surface area contributed by atoms with Gasteiger partial charge in [0, 0.05) is 23.1 Å². The fourth-order valence-electron chi connectivity index (χ4n) is 1.89. The van der Waals surface area contributed by atoms with E-state index in [0.29, 0.717) is 10.0 Å². The molecule has 110 valence electrons. The van der Waals surface area contributed by atoms with E-state index in [0.717, 1.165) is 31.8 Å². The van der Waals surface area contributed by atoms with Gasteiger partial charge in [-0.3, -0.25) is 4.79 Å². The van der Waals surface area contributed by atoms with E-state index in [1.165, 1.54) is 17.4 Å². The number of amides is 1. The highest BCUT2D eigenvalue weighted by Gasteiger charge is 2.17. The third-order valence-corrected chi connectivity index (χ3v) is 3.67. The lowest BCUT2D eigenvalue weighted by molar-refractivity contribution is -0.131. The van der Waals surface area contributed by atoms with Gasteiger partial charge in [-0.15, -0.1) is 0 Å². The summed E-state index contributed by atoms with van der Waals surface area (Å²) < 4.78 is 0. The lowest BCUT2D eigenvalue weighted by Crippen LogP contribution is -2.22. The SMILES string of the molecule is CCCC(CCC)C(=O)Nc1ncc(/C=C/C(=O)O)s1. The molecule has 0 unspecified atom stereocenters. The van der Waals surface area contributed by atoms with Gasteiger partial charge in [-0.05, 0) is 18.9 Å². The van der Waals surface area contributed by atoms with E-state index < -0.39 is 5.97 Å². The summed E-state index contributed by atoms with van der Waals surface area (Å²) >= 11 is 1.26. The predicted octanol–water partition coefficient (Wildman–Crippen LogP) is 3.40. The molecule has 0 spiro atoms. The summed E-state index contributed by atoms with van der Waals surface area (Å²) in [4.78, 5) is 27.3. The van der Waals surface area contributed by atoms with E-state index >= 15 is 0 Å². The maximum absolute atomic E-state index is 12.1. The van der Waals surface area contributed by atoms with Gasteiger partial charge in [-0.2, -0.15) is 0 Å². The second kappa shape index (κ2) is 8.47. The molecule has 0 atom stereocenters. The summed E-state index contributed by atoms with van der Waals surface area (Å²) in [5.74, 6) is -0.987. The van der Waals surface area contributed by atoms with Gasteiger partial charge in [0.15, 0.2) is 5.13 Å². The fourth-order valence-corrected chi connectivity index (χ4v) is 2.61. The van der Waals surface area contributed by atoms with Crippen molar-refractivity contribution >= 4 is 34.4 Å². The number of carboxylic acids is 1. The van der Waals surface area contributed by atoms with E-state index in [9.17, 15) is 9.59 Å². The van der Waals surface area contributed by atoms with Gasteiger partial charge in [-0.1, -0.05) is 38.0 Å². The van der Waals surface area contributed by atoms with Crippen LogP contribution in [0.1, 0.15) is 44.4 Å². The van der Waals surface area contributed by atoms with Crippen LogP contribution in [0.25, 0.3) is 6.08 Å². The van der Waals surface area contributed by atoms with Crippen LogP contribution in [-0.2, 0) is 9.59 Å². The Morgan fingerprint density at radius 1 is 1.40 bits per heavy atom. The van der Waals surface area contributed by atoms with Crippen LogP contribution in [0.4, 0.5) is 5.13 Å². The number of carbonyl (C=O) groups excluding carboxylic acids is 1. The average molecular weight is 296 g/mol. The van der Waals surface area contributed by atoms with Crippen LogP contribution in [0.5, 0.6) is 0 Å². The minimum atomic E-state index is -1.00. The monoisotopic (exact) mass is 296 g/mol. The van der Waals surface area contributed by atoms with Crippen molar-refractivity contribution in [2.75, 3.05) is 5.32 Å². The molecule has 0 saturated carbocycles. The van der Waals surface area contributed by atoms with Crippen molar-refractivity contribution in [1.29, 1.82) is 0 Å². The average Bonchev–Trinajstić information content (AvgIpc) is 2.83. The molecule has 1 heterocycles. The number of carbonyl (C=O) groups is 2. The molecule has 0 saturated heterocycles. The third kappa shape index (κ3) is 5.52. The summed E-state index contributed by atoms with van der Waals surface area (Å²) in [6, 6.07) is 0. The highest BCUT2D eigenvalue weighted by atomic mass is 32.1. The normalized spacial score (nSPS) is 11.2. The zero-order chi connectivity index (χ0) is 15.0. The molecule has 0 fully saturated rings. The van der Waals surface area contributed by atoms with Crippen LogP contribution in [-0.4, -0.2) is 22.0 Å². The van der Waals surface area contributed by atoms with E-state index in [1.807, 2.05) is 0 Å². The van der Waals surface area contributed by atoms with Crippen LogP contribution in [0.15, 0.2) is 12.3 Å². The topological polar surface area (TPSA) is 79.3 Å². The Morgan fingerprint density at radius 3 is 2.60 bits per heavy atom. The zero-order valence-corrected chi connectivity index (χ0v) is 12.6. The summed E-state index contributed by atoms with van der Waals surface area (Å²) in [5.41, 5.74) is 0. The smallest absolute Gasteiger partial charge is 0.328 e. The van der Waals surface area contributed by atoms with Gasteiger partial charge in [0.2, 0.25) is 5.91 Å². The van der Waals surface area contributed by atoms with Gasteiger partial charge < -0.3 is 10.4 Å². The highest BCUT2D eigenvalue weighted by molar-refractivity contribution is 7.16. The van der Waals surface area contributed by atoms with Crippen LogP contribution in [0.2, 0.25) is 0 Å². The molecule has 1 aromatic heterocycles. The molecule has 1 aromatic rings. The summed E-state index contributed by atoms with van der Waals surface area (Å²) in [5, 5.41) is 11.9. The van der Waals surface area contributed by atoms with Crippen LogP contribution >= 0.6 is 11.3 Å². The number of nitrogens with one attached hydrogen (secondary N) is 1. The number of rotatable bonds is 8. The zero-order valence-electron chi connectivity index (χ0n) is 11.8. The maximum Gasteiger partial charge on any atom is 0.328 e. The summed E-state index contributed by atoms with van der Waals surface area (Å²) in [7, 11) is 0. The Kier molecular flexibility index (Phi) is 6.93. The number of aromatic nitrogens is 1. The molecule has 5 nitrogen and oxygen atoms in total. The molecular weight excluding hydrogens is 276 g/mol. The first kappa shape index (κ1) is 16.4. The lowest BCUT2D eigenvalue weighted by Gasteiger charge is -2.13. The fraction of sp³-hybridized carbons (Fsp3) is 0.500. The van der Waals surface area contributed by atoms with Gasteiger partial charge >= 0.3 is 5.97 Å². The number of hydrogen-bond acceptors (Lipinski definition) is 4. The van der Waals surface area contributed by atoms with Crippen LogP contribution in [0, 0.1) is 5.92 Å². The molecule has 1 amide bonds. The molecule has 0 aliphatic rings. The van der Waals surface area contributed by atoms with E-state index in [2.05, 4.69) is 24.1 Å². The van der Waals surface area contributed by atoms with Crippen LogP contribution in [0.3, 0.4) is 0 Å². The van der Waals surface area contributed by atoms with Crippen LogP contribution < -0.4 is 5.32 Å². The molecule has 6 heteroatoms. The Labute approximate surface area is 122 Å². The van der Waals surface area contributed by atoms with Crippen molar-refractivity contribution < 1.29 is 14.7 Å². The molecular formula is C14H20N2O3S. The summed E-state index contributed by atoms with van der Waals surface area (Å²) in [6.45, 7) is 4.13. The first-order valence-corrected chi connectivity index (χ1v) is 7.56. The summed E-state index contributed by atoms with van der Waals surface area (Å²) in [6.07, 6.45) is 7.76. The van der Waals surface area contributed by atoms with Crippen molar-refractivity contribution in [2.24, 2.45) is 5.92 Å². The Bertz CT molecular complexity index is 477. The quantitative estimate of drug-likeness (QED) is 0.721. The first-order chi connectivity index (χ1) is 9.56. The first-order valence-electron chi connectivity index (χ1n) is 6.74. The predicted molar refractivity (Wildman–Crippen MR) is 80.7 cm³/mol. The maximum atomic E-state index is 12.1. The molecule has 0 bridgehead atoms. The lowest BCUT2D eigenvalue weighted by atomic mass is 9.97. The van der Waals surface area contributed by atoms with Crippen molar-refractivity contribution in [3.05, 3.63) is 17.2 Å². The van der Waals surface area contributed by atoms with Crippen molar-refractivity contribution in [2.45, 2.75) is 39.5 Å². The highest BCUT2D eigenvalue weighted by Crippen LogP contribution is 2.22. The van der Waals surface area contributed by atoms with Gasteiger partial charge in [0.1, 0.15) is 0 Å². The minimum Gasteiger partial charge on any atom is -0.478 e. The number of aliphatic carboxylic acids is 1. The van der Waals surface area contributed by atoms with E-state index in [4.69, 9.17) is 5.11 Å². The Hall–Kier alpha value is -1.69. The minimum absolute atomic E-state index is 0.00295. The van der Waals surface area contributed by atoms with Crippen molar-refractivity contribution in [1.82, 2.24) is 4.98 Å². The van der Waals surface area contributed by atoms with Crippen molar-refractivity contribution in [3.63, 3.8) is 0 Å². The van der Waals surface area contributed by atoms with E-state index in [-0.39, 0.29) is 11.8 Å². The molecule has 0 aliphatic carbocycles. The Balaban J connectivity index is 2.63.